The summed E-state index contributed by atoms with van der Waals surface area (Å²) >= 11 is 0. The lowest BCUT2D eigenvalue weighted by atomic mass is 9.67. The third-order valence-corrected chi connectivity index (χ3v) is 9.79. The van der Waals surface area contributed by atoms with Crippen molar-refractivity contribution in [1.29, 1.82) is 0 Å². The molecule has 2 nitrogen and oxygen atoms in total. The van der Waals surface area contributed by atoms with Crippen LogP contribution in [-0.2, 0) is 5.54 Å². The number of para-hydroxylation sites is 1. The molecule has 2 heterocycles. The highest BCUT2D eigenvalue weighted by molar-refractivity contribution is 5.71. The predicted molar refractivity (Wildman–Crippen MR) is 151 cm³/mol. The molecule has 3 aliphatic rings. The molecule has 3 aromatic carbocycles. The molecule has 0 radical (unpaired) electrons. The number of rotatable bonds is 4. The van der Waals surface area contributed by atoms with Gasteiger partial charge in [-0.1, -0.05) is 105 Å². The average Bonchev–Trinajstić information content (AvgIpc) is 3.65. The number of hydrogen-bond donors (Lipinski definition) is 0. The highest BCUT2D eigenvalue weighted by atomic mass is 15.3. The smallest absolute Gasteiger partial charge is 0.212 e. The lowest BCUT2D eigenvalue weighted by molar-refractivity contribution is -0.744. The van der Waals surface area contributed by atoms with Crippen LogP contribution in [0.1, 0.15) is 91.9 Å². The first-order valence-electron chi connectivity index (χ1n) is 14.6. The van der Waals surface area contributed by atoms with Gasteiger partial charge in [0.05, 0.1) is 5.92 Å². The molecule has 1 aliphatic heterocycles. The van der Waals surface area contributed by atoms with Crippen LogP contribution in [0.4, 0.5) is 0 Å². The van der Waals surface area contributed by atoms with E-state index >= 15 is 0 Å². The van der Waals surface area contributed by atoms with Crippen LogP contribution in [0, 0.1) is 19.8 Å². The van der Waals surface area contributed by atoms with Crippen molar-refractivity contribution in [3.8, 4) is 16.9 Å². The molecule has 7 rings (SSSR count). The second kappa shape index (κ2) is 9.01. The van der Waals surface area contributed by atoms with Crippen LogP contribution in [-0.4, -0.2) is 4.57 Å². The average molecular weight is 488 g/mol. The van der Waals surface area contributed by atoms with E-state index in [9.17, 15) is 0 Å². The van der Waals surface area contributed by atoms with Crippen LogP contribution >= 0.6 is 0 Å². The Morgan fingerprint density at radius 3 is 2.11 bits per heavy atom. The maximum atomic E-state index is 2.90. The summed E-state index contributed by atoms with van der Waals surface area (Å²) in [6.07, 6.45) is 11.9. The van der Waals surface area contributed by atoms with Crippen molar-refractivity contribution in [2.45, 2.75) is 83.1 Å². The SMILES string of the molecule is Cc1ccccc1-n1c(C)c2[n+](c1C1CCCC1)C(c1ccccc1)(C1CCCCC1)c1ccccc1-2. The molecule has 1 unspecified atom stereocenters. The zero-order valence-electron chi connectivity index (χ0n) is 22.4. The van der Waals surface area contributed by atoms with Gasteiger partial charge in [-0.05, 0) is 44.2 Å². The van der Waals surface area contributed by atoms with Gasteiger partial charge in [-0.2, -0.15) is 4.57 Å². The minimum atomic E-state index is -0.149. The lowest BCUT2D eigenvalue weighted by Gasteiger charge is -2.40. The molecule has 1 atom stereocenters. The van der Waals surface area contributed by atoms with Crippen molar-refractivity contribution in [2.24, 2.45) is 5.92 Å². The quantitative estimate of drug-likeness (QED) is 0.256. The van der Waals surface area contributed by atoms with Crippen LogP contribution in [0.2, 0.25) is 0 Å². The van der Waals surface area contributed by atoms with Gasteiger partial charge in [0.25, 0.3) is 5.82 Å². The van der Waals surface area contributed by atoms with Gasteiger partial charge in [-0.15, -0.1) is 0 Å². The minimum absolute atomic E-state index is 0.149. The summed E-state index contributed by atoms with van der Waals surface area (Å²) in [4.78, 5) is 0. The Labute approximate surface area is 222 Å². The molecule has 2 saturated carbocycles. The molecule has 4 aromatic rings. The predicted octanol–water partition coefficient (Wildman–Crippen LogP) is 8.39. The Morgan fingerprint density at radius 1 is 0.703 bits per heavy atom. The van der Waals surface area contributed by atoms with Gasteiger partial charge in [-0.25, -0.2) is 4.57 Å². The molecule has 0 bridgehead atoms. The first-order valence-corrected chi connectivity index (χ1v) is 14.6. The molecule has 2 fully saturated rings. The molecule has 0 spiro atoms. The maximum Gasteiger partial charge on any atom is 0.266 e. The first kappa shape index (κ1) is 23.0. The zero-order chi connectivity index (χ0) is 25.0. The number of aryl methyl sites for hydroxylation is 1. The number of fused-ring (bicyclic) bond motifs is 3. The Morgan fingerprint density at radius 2 is 1.35 bits per heavy atom. The van der Waals surface area contributed by atoms with E-state index in [1.807, 2.05) is 0 Å². The van der Waals surface area contributed by atoms with Gasteiger partial charge in [0.2, 0.25) is 0 Å². The van der Waals surface area contributed by atoms with Gasteiger partial charge in [-0.3, -0.25) is 0 Å². The third-order valence-electron chi connectivity index (χ3n) is 9.79. The first-order chi connectivity index (χ1) is 18.2. The van der Waals surface area contributed by atoms with E-state index in [4.69, 9.17) is 0 Å². The van der Waals surface area contributed by atoms with Crippen molar-refractivity contribution in [2.75, 3.05) is 0 Å². The van der Waals surface area contributed by atoms with Crippen LogP contribution in [0.25, 0.3) is 16.9 Å². The Balaban J connectivity index is 1.64. The summed E-state index contributed by atoms with van der Waals surface area (Å²) in [7, 11) is 0. The molecule has 0 N–H and O–H groups in total. The third kappa shape index (κ3) is 3.27. The van der Waals surface area contributed by atoms with Crippen LogP contribution in [0.15, 0.2) is 78.9 Å². The lowest BCUT2D eigenvalue weighted by Crippen LogP contribution is -2.62. The van der Waals surface area contributed by atoms with E-state index in [0.717, 1.165) is 0 Å². The zero-order valence-corrected chi connectivity index (χ0v) is 22.4. The van der Waals surface area contributed by atoms with Crippen LogP contribution < -0.4 is 4.57 Å². The summed E-state index contributed by atoms with van der Waals surface area (Å²) in [5.74, 6) is 2.74. The van der Waals surface area contributed by atoms with Gasteiger partial charge >= 0.3 is 0 Å². The number of nitrogens with zero attached hydrogens (tertiary/aromatic N) is 2. The van der Waals surface area contributed by atoms with E-state index in [-0.39, 0.29) is 5.54 Å². The van der Waals surface area contributed by atoms with Crippen molar-refractivity contribution < 1.29 is 4.57 Å². The number of imidazole rings is 1. The van der Waals surface area contributed by atoms with Crippen molar-refractivity contribution in [3.05, 3.63) is 107 Å². The molecule has 2 heteroatoms. The highest BCUT2D eigenvalue weighted by Gasteiger charge is 2.58. The van der Waals surface area contributed by atoms with Gasteiger partial charge < -0.3 is 0 Å². The minimum Gasteiger partial charge on any atom is -0.212 e. The topological polar surface area (TPSA) is 8.81 Å². The molecule has 2 aliphatic carbocycles. The van der Waals surface area contributed by atoms with Gasteiger partial charge in [0.15, 0.2) is 16.9 Å². The monoisotopic (exact) mass is 487 g/mol. The molecule has 1 aromatic heterocycles. The van der Waals surface area contributed by atoms with Gasteiger partial charge in [0, 0.05) is 29.5 Å². The van der Waals surface area contributed by atoms with E-state index < -0.39 is 0 Å². The fourth-order valence-electron chi connectivity index (χ4n) is 8.27. The van der Waals surface area contributed by atoms with Crippen LogP contribution in [0.3, 0.4) is 0 Å². The van der Waals surface area contributed by atoms with E-state index in [0.29, 0.717) is 11.8 Å². The molecule has 0 saturated heterocycles. The van der Waals surface area contributed by atoms with Crippen molar-refractivity contribution >= 4 is 0 Å². The van der Waals surface area contributed by atoms with Crippen LogP contribution in [0.5, 0.6) is 0 Å². The molecule has 37 heavy (non-hydrogen) atoms. The Kier molecular flexibility index (Phi) is 5.61. The Hall–Kier alpha value is -3.13. The molecular formula is C35H39N2+. The summed E-state index contributed by atoms with van der Waals surface area (Å²) in [6.45, 7) is 4.66. The summed E-state index contributed by atoms with van der Waals surface area (Å²) in [5, 5.41) is 0. The standard InChI is InChI=1S/C35H39N2/c1-25-15-9-14-24-32(25)36-26(2)33-30-22-12-13-23-31(30)35(28-18-5-3-6-19-28,29-20-7-4-8-21-29)37(33)34(36)27-16-10-11-17-27/h3,5-6,9,12-15,18-19,22-24,27,29H,4,7-8,10-11,16-17,20-21H2,1-2H3/q+1. The molecule has 188 valence electrons. The second-order valence-corrected chi connectivity index (χ2v) is 11.7. The normalized spacial score (nSPS) is 21.8. The summed E-state index contributed by atoms with van der Waals surface area (Å²) in [5.41, 5.74) is 9.86. The van der Waals surface area contributed by atoms with E-state index in [1.54, 1.807) is 5.82 Å². The Bertz CT molecular complexity index is 1430. The number of benzene rings is 3. The molecule has 0 amide bonds. The second-order valence-electron chi connectivity index (χ2n) is 11.7. The van der Waals surface area contributed by atoms with Crippen molar-refractivity contribution in [3.63, 3.8) is 0 Å². The highest BCUT2D eigenvalue weighted by Crippen LogP contribution is 2.53. The number of aromatic nitrogens is 2. The fraction of sp³-hybridized carbons (Fsp3) is 0.400. The van der Waals surface area contributed by atoms with E-state index in [1.165, 1.54) is 97.1 Å². The summed E-state index contributed by atoms with van der Waals surface area (Å²) < 4.78 is 5.58. The van der Waals surface area contributed by atoms with Crippen molar-refractivity contribution in [1.82, 2.24) is 4.57 Å². The van der Waals surface area contributed by atoms with E-state index in [2.05, 4.69) is 102 Å². The maximum absolute atomic E-state index is 2.90. The van der Waals surface area contributed by atoms with Gasteiger partial charge in [0.1, 0.15) is 5.69 Å². The summed E-state index contributed by atoms with van der Waals surface area (Å²) in [6, 6.07) is 30.0. The molecular weight excluding hydrogens is 448 g/mol. The number of hydrogen-bond acceptors (Lipinski definition) is 0. The fourth-order valence-corrected chi connectivity index (χ4v) is 8.27. The largest absolute Gasteiger partial charge is 0.266 e.